The highest BCUT2D eigenvalue weighted by atomic mass is 35.5. The van der Waals surface area contributed by atoms with E-state index in [4.69, 9.17) is 4.74 Å². The Morgan fingerprint density at radius 2 is 1.77 bits per heavy atom. The summed E-state index contributed by atoms with van der Waals surface area (Å²) < 4.78 is 5.26. The van der Waals surface area contributed by atoms with E-state index in [1.165, 1.54) is 0 Å². The normalized spacial score (nSPS) is 9.50. The van der Waals surface area contributed by atoms with Gasteiger partial charge in [-0.1, -0.05) is 12.1 Å². The molecule has 0 aliphatic rings. The summed E-state index contributed by atoms with van der Waals surface area (Å²) in [6.45, 7) is 1.02. The Balaban J connectivity index is 0.00000312. The lowest BCUT2D eigenvalue weighted by atomic mass is 10.2. The van der Waals surface area contributed by atoms with Crippen LogP contribution in [0.25, 0.3) is 0 Å². The minimum atomic E-state index is -0.292. The van der Waals surface area contributed by atoms with Crippen LogP contribution in [-0.4, -0.2) is 43.6 Å². The molecule has 2 N–H and O–H groups in total. The number of nitrogens with one attached hydrogen (secondary N) is 2. The molecule has 2 heterocycles. The Morgan fingerprint density at radius 1 is 1.12 bits per heavy atom. The van der Waals surface area contributed by atoms with Crippen LogP contribution in [0.5, 0.6) is 0 Å². The number of hydrogen-bond acceptors (Lipinski definition) is 7. The minimum Gasteiger partial charge on any atom is -0.460 e. The van der Waals surface area contributed by atoms with Crippen molar-refractivity contribution < 1.29 is 9.53 Å². The molecule has 0 radical (unpaired) electrons. The zero-order valence-corrected chi connectivity index (χ0v) is 16.7. The number of halogens is 2. The van der Waals surface area contributed by atoms with Gasteiger partial charge in [0.1, 0.15) is 18.2 Å². The minimum absolute atomic E-state index is 0. The van der Waals surface area contributed by atoms with Gasteiger partial charge < -0.3 is 20.3 Å². The Labute approximate surface area is 166 Å². The first-order valence-electron chi connectivity index (χ1n) is 7.72. The maximum atomic E-state index is 11.5. The van der Waals surface area contributed by atoms with Gasteiger partial charge in [-0.15, -0.1) is 24.8 Å². The van der Waals surface area contributed by atoms with E-state index < -0.39 is 0 Å². The lowest BCUT2D eigenvalue weighted by molar-refractivity contribution is -0.143. The third-order valence-electron chi connectivity index (χ3n) is 3.47. The molecule has 9 heteroatoms. The zero-order valence-electron chi connectivity index (χ0n) is 15.1. The molecule has 7 nitrogen and oxygen atoms in total. The SMILES string of the molecule is CNCC(=O)OCc1cccnc1N(C)Cc1cccnc1NC.Cl.Cl. The maximum absolute atomic E-state index is 11.5. The Bertz CT molecular complexity index is 688. The van der Waals surface area contributed by atoms with Crippen molar-refractivity contribution in [3.8, 4) is 0 Å². The number of carbonyl (C=O) groups excluding carboxylic acids is 1. The molecule has 2 aromatic heterocycles. The van der Waals surface area contributed by atoms with Crippen molar-refractivity contribution in [2.75, 3.05) is 37.9 Å². The Hall–Kier alpha value is -2.09. The van der Waals surface area contributed by atoms with Crippen molar-refractivity contribution in [2.24, 2.45) is 0 Å². The monoisotopic (exact) mass is 401 g/mol. The summed E-state index contributed by atoms with van der Waals surface area (Å²) in [7, 11) is 5.50. The van der Waals surface area contributed by atoms with Gasteiger partial charge in [0, 0.05) is 44.2 Å². The Kier molecular flexibility index (Phi) is 11.3. The van der Waals surface area contributed by atoms with Crippen LogP contribution < -0.4 is 15.5 Å². The molecule has 2 aromatic rings. The fraction of sp³-hybridized carbons (Fsp3) is 0.353. The number of carbonyl (C=O) groups is 1. The molecule has 0 saturated carbocycles. The lowest BCUT2D eigenvalue weighted by Gasteiger charge is -2.22. The van der Waals surface area contributed by atoms with E-state index in [1.807, 2.05) is 43.3 Å². The van der Waals surface area contributed by atoms with Crippen LogP contribution in [0.1, 0.15) is 11.1 Å². The molecule has 0 fully saturated rings. The van der Waals surface area contributed by atoms with Crippen LogP contribution in [0.4, 0.5) is 11.6 Å². The molecule has 0 aliphatic heterocycles. The van der Waals surface area contributed by atoms with Crippen molar-refractivity contribution >= 4 is 42.4 Å². The fourth-order valence-electron chi connectivity index (χ4n) is 2.36. The fourth-order valence-corrected chi connectivity index (χ4v) is 2.36. The molecule has 0 amide bonds. The third kappa shape index (κ3) is 6.67. The summed E-state index contributed by atoms with van der Waals surface area (Å²) in [6.07, 6.45) is 3.48. The molecule has 0 aliphatic carbocycles. The number of likely N-dealkylation sites (N-methyl/N-ethyl adjacent to an activating group) is 1. The zero-order chi connectivity index (χ0) is 17.4. The average Bonchev–Trinajstić information content (AvgIpc) is 2.61. The van der Waals surface area contributed by atoms with Crippen LogP contribution >= 0.6 is 24.8 Å². The topological polar surface area (TPSA) is 79.4 Å². The smallest absolute Gasteiger partial charge is 0.320 e. The van der Waals surface area contributed by atoms with E-state index >= 15 is 0 Å². The van der Waals surface area contributed by atoms with E-state index in [2.05, 4.69) is 20.6 Å². The number of ether oxygens (including phenoxy) is 1. The number of rotatable bonds is 8. The highest BCUT2D eigenvalue weighted by molar-refractivity contribution is 5.85. The van der Waals surface area contributed by atoms with Gasteiger partial charge in [0.05, 0.1) is 6.54 Å². The number of esters is 1. The average molecular weight is 402 g/mol. The summed E-state index contributed by atoms with van der Waals surface area (Å²) in [6, 6.07) is 7.67. The van der Waals surface area contributed by atoms with Crippen molar-refractivity contribution in [3.63, 3.8) is 0 Å². The lowest BCUT2D eigenvalue weighted by Crippen LogP contribution is -2.23. The molecular weight excluding hydrogens is 377 g/mol. The molecule has 0 aromatic carbocycles. The summed E-state index contributed by atoms with van der Waals surface area (Å²) in [5.74, 6) is 1.32. The van der Waals surface area contributed by atoms with Gasteiger partial charge in [0.2, 0.25) is 0 Å². The second kappa shape index (κ2) is 12.3. The van der Waals surface area contributed by atoms with Crippen LogP contribution in [0, 0.1) is 0 Å². The quantitative estimate of drug-likeness (QED) is 0.656. The van der Waals surface area contributed by atoms with Gasteiger partial charge >= 0.3 is 5.97 Å². The first-order valence-corrected chi connectivity index (χ1v) is 7.72. The second-order valence-electron chi connectivity index (χ2n) is 5.29. The molecule has 2 rings (SSSR count). The van der Waals surface area contributed by atoms with Crippen LogP contribution in [0.15, 0.2) is 36.7 Å². The van der Waals surface area contributed by atoms with Gasteiger partial charge in [-0.2, -0.15) is 0 Å². The van der Waals surface area contributed by atoms with Gasteiger partial charge in [0.15, 0.2) is 0 Å². The molecule has 0 bridgehead atoms. The highest BCUT2D eigenvalue weighted by Crippen LogP contribution is 2.21. The first-order chi connectivity index (χ1) is 11.7. The Morgan fingerprint density at radius 3 is 2.42 bits per heavy atom. The highest BCUT2D eigenvalue weighted by Gasteiger charge is 2.13. The number of nitrogens with zero attached hydrogens (tertiary/aromatic N) is 3. The predicted octanol–water partition coefficient (Wildman–Crippen LogP) is 2.26. The third-order valence-corrected chi connectivity index (χ3v) is 3.47. The van der Waals surface area contributed by atoms with Crippen molar-refractivity contribution in [1.82, 2.24) is 15.3 Å². The number of aromatic nitrogens is 2. The van der Waals surface area contributed by atoms with Crippen LogP contribution in [0.2, 0.25) is 0 Å². The number of hydrogen-bond donors (Lipinski definition) is 2. The summed E-state index contributed by atoms with van der Waals surface area (Å²) in [5.41, 5.74) is 1.92. The number of pyridine rings is 2. The van der Waals surface area contributed by atoms with E-state index in [9.17, 15) is 4.79 Å². The predicted molar refractivity (Wildman–Crippen MR) is 108 cm³/mol. The number of anilines is 2. The van der Waals surface area contributed by atoms with Crippen molar-refractivity contribution in [1.29, 1.82) is 0 Å². The summed E-state index contributed by atoms with van der Waals surface area (Å²) >= 11 is 0. The molecule has 0 unspecified atom stereocenters. The van der Waals surface area contributed by atoms with Crippen LogP contribution in [0.3, 0.4) is 0 Å². The first kappa shape index (κ1) is 23.9. The molecule has 0 saturated heterocycles. The largest absolute Gasteiger partial charge is 0.460 e. The van der Waals surface area contributed by atoms with E-state index in [-0.39, 0.29) is 43.9 Å². The van der Waals surface area contributed by atoms with Crippen molar-refractivity contribution in [3.05, 3.63) is 47.8 Å². The maximum Gasteiger partial charge on any atom is 0.320 e. The summed E-state index contributed by atoms with van der Waals surface area (Å²) in [5, 5.41) is 5.86. The van der Waals surface area contributed by atoms with Crippen LogP contribution in [-0.2, 0) is 22.7 Å². The van der Waals surface area contributed by atoms with Crippen molar-refractivity contribution in [2.45, 2.75) is 13.2 Å². The van der Waals surface area contributed by atoms with E-state index in [0.29, 0.717) is 6.54 Å². The standard InChI is InChI=1S/C17H23N5O2.2ClH/c1-18-10-15(23)24-12-14-7-5-9-21-17(14)22(3)11-13-6-4-8-20-16(13)19-2;;/h4-9,18H,10-12H2,1-3H3,(H,19,20);2*1H. The molecule has 144 valence electrons. The molecule has 0 spiro atoms. The van der Waals surface area contributed by atoms with E-state index in [0.717, 1.165) is 22.8 Å². The second-order valence-corrected chi connectivity index (χ2v) is 5.29. The summed E-state index contributed by atoms with van der Waals surface area (Å²) in [4.78, 5) is 22.3. The van der Waals surface area contributed by atoms with E-state index in [1.54, 1.807) is 19.4 Å². The van der Waals surface area contributed by atoms with Gasteiger partial charge in [-0.3, -0.25) is 4.79 Å². The molecule has 26 heavy (non-hydrogen) atoms. The van der Waals surface area contributed by atoms with Gasteiger partial charge in [0.25, 0.3) is 0 Å². The van der Waals surface area contributed by atoms with Gasteiger partial charge in [-0.05, 0) is 19.2 Å². The van der Waals surface area contributed by atoms with Gasteiger partial charge in [-0.25, -0.2) is 9.97 Å². The molecule has 0 atom stereocenters. The molecular formula is C17H25Cl2N5O2.